The van der Waals surface area contributed by atoms with E-state index in [-0.39, 0.29) is 0 Å². The van der Waals surface area contributed by atoms with Crippen molar-refractivity contribution < 1.29 is 10.0 Å². The third-order valence-electron chi connectivity index (χ3n) is 6.10. The first-order valence-corrected chi connectivity index (χ1v) is 12.7. The van der Waals surface area contributed by atoms with Crippen LogP contribution in [-0.2, 0) is 6.42 Å². The van der Waals surface area contributed by atoms with E-state index in [4.69, 9.17) is 10.0 Å². The van der Waals surface area contributed by atoms with Crippen LogP contribution < -0.4 is 5.46 Å². The summed E-state index contributed by atoms with van der Waals surface area (Å²) in [6.07, 6.45) is 26.5. The summed E-state index contributed by atoms with van der Waals surface area (Å²) in [5.41, 5.74) is 1.87. The van der Waals surface area contributed by atoms with Gasteiger partial charge < -0.3 is 10.0 Å². The molecular formula is C26H47BO2. The van der Waals surface area contributed by atoms with Gasteiger partial charge in [-0.3, -0.25) is 0 Å². The maximum absolute atomic E-state index is 9.11. The molecule has 0 unspecified atom stereocenters. The molecule has 0 saturated heterocycles. The highest BCUT2D eigenvalue weighted by atomic mass is 16.4. The summed E-state index contributed by atoms with van der Waals surface area (Å²) < 4.78 is 0. The molecule has 1 rings (SSSR count). The van der Waals surface area contributed by atoms with Gasteiger partial charge in [-0.15, -0.1) is 0 Å². The minimum Gasteiger partial charge on any atom is -0.423 e. The van der Waals surface area contributed by atoms with Gasteiger partial charge in [-0.2, -0.15) is 0 Å². The Bertz CT molecular complexity index is 458. The molecule has 2 N–H and O–H groups in total. The van der Waals surface area contributed by atoms with E-state index < -0.39 is 7.12 Å². The number of aryl methyl sites for hydroxylation is 1. The average molecular weight is 402 g/mol. The van der Waals surface area contributed by atoms with Crippen molar-refractivity contribution in [2.45, 2.75) is 129 Å². The fraction of sp³-hybridized carbons (Fsp3) is 0.769. The van der Waals surface area contributed by atoms with Crippen LogP contribution in [0.4, 0.5) is 0 Å². The summed E-state index contributed by atoms with van der Waals surface area (Å²) in [5.74, 6) is 0. The van der Waals surface area contributed by atoms with Gasteiger partial charge in [0.1, 0.15) is 0 Å². The van der Waals surface area contributed by atoms with Gasteiger partial charge >= 0.3 is 7.12 Å². The van der Waals surface area contributed by atoms with Crippen LogP contribution in [0.25, 0.3) is 0 Å². The van der Waals surface area contributed by atoms with E-state index in [9.17, 15) is 0 Å². The van der Waals surface area contributed by atoms with Gasteiger partial charge in [0.2, 0.25) is 0 Å². The summed E-state index contributed by atoms with van der Waals surface area (Å²) in [6, 6.07) is 7.66. The first-order valence-electron chi connectivity index (χ1n) is 12.7. The first kappa shape index (κ1) is 26.2. The minimum absolute atomic E-state index is 0.576. The molecule has 0 saturated carbocycles. The number of rotatable bonds is 20. The van der Waals surface area contributed by atoms with Crippen LogP contribution in [0.3, 0.4) is 0 Å². The van der Waals surface area contributed by atoms with Crippen LogP contribution in [0.1, 0.15) is 128 Å². The normalized spacial score (nSPS) is 11.1. The molecule has 0 radical (unpaired) electrons. The predicted molar refractivity (Wildman–Crippen MR) is 129 cm³/mol. The molecular weight excluding hydrogens is 355 g/mol. The first-order chi connectivity index (χ1) is 14.2. The molecule has 0 aliphatic carbocycles. The van der Waals surface area contributed by atoms with Gasteiger partial charge in [0.05, 0.1) is 0 Å². The van der Waals surface area contributed by atoms with Crippen molar-refractivity contribution in [3.63, 3.8) is 0 Å². The number of unbranched alkanes of at least 4 members (excludes halogenated alkanes) is 17. The Balaban J connectivity index is 1.77. The van der Waals surface area contributed by atoms with Crippen LogP contribution >= 0.6 is 0 Å². The zero-order valence-corrected chi connectivity index (χ0v) is 19.2. The molecule has 0 heterocycles. The fourth-order valence-corrected chi connectivity index (χ4v) is 4.09. The fourth-order valence-electron chi connectivity index (χ4n) is 4.09. The van der Waals surface area contributed by atoms with Crippen LogP contribution in [0, 0.1) is 0 Å². The van der Waals surface area contributed by atoms with Gasteiger partial charge in [0, 0.05) is 0 Å². The van der Waals surface area contributed by atoms with Crippen molar-refractivity contribution >= 4 is 12.6 Å². The highest BCUT2D eigenvalue weighted by molar-refractivity contribution is 6.58. The number of hydrogen-bond acceptors (Lipinski definition) is 2. The Morgan fingerprint density at radius 3 is 1.21 bits per heavy atom. The molecule has 0 bridgehead atoms. The molecule has 2 nitrogen and oxygen atoms in total. The van der Waals surface area contributed by atoms with Crippen molar-refractivity contribution in [1.29, 1.82) is 0 Å². The molecule has 0 fully saturated rings. The Hall–Kier alpha value is -0.795. The Morgan fingerprint density at radius 2 is 0.862 bits per heavy atom. The molecule has 0 atom stereocenters. The highest BCUT2D eigenvalue weighted by Gasteiger charge is 2.09. The maximum Gasteiger partial charge on any atom is 0.488 e. The van der Waals surface area contributed by atoms with Crippen LogP contribution in [0.15, 0.2) is 24.3 Å². The molecule has 0 amide bonds. The lowest BCUT2D eigenvalue weighted by molar-refractivity contribution is 0.426. The quantitative estimate of drug-likeness (QED) is 0.183. The van der Waals surface area contributed by atoms with E-state index in [1.54, 1.807) is 0 Å². The third-order valence-corrected chi connectivity index (χ3v) is 6.10. The van der Waals surface area contributed by atoms with Crippen LogP contribution in [0.5, 0.6) is 0 Å². The summed E-state index contributed by atoms with van der Waals surface area (Å²) in [7, 11) is -1.35. The van der Waals surface area contributed by atoms with Crippen LogP contribution in [-0.4, -0.2) is 17.2 Å². The van der Waals surface area contributed by atoms with Crippen molar-refractivity contribution in [2.24, 2.45) is 0 Å². The van der Waals surface area contributed by atoms with Gasteiger partial charge in [0.25, 0.3) is 0 Å². The molecule has 29 heavy (non-hydrogen) atoms. The van der Waals surface area contributed by atoms with Gasteiger partial charge in [-0.05, 0) is 23.9 Å². The van der Waals surface area contributed by atoms with E-state index in [0.717, 1.165) is 6.42 Å². The Labute approximate surface area is 181 Å². The lowest BCUT2D eigenvalue weighted by atomic mass is 9.80. The van der Waals surface area contributed by atoms with E-state index >= 15 is 0 Å². The largest absolute Gasteiger partial charge is 0.488 e. The van der Waals surface area contributed by atoms with Crippen molar-refractivity contribution in [3.8, 4) is 0 Å². The smallest absolute Gasteiger partial charge is 0.423 e. The Kier molecular flexibility index (Phi) is 17.4. The molecule has 0 spiro atoms. The second-order valence-electron chi connectivity index (χ2n) is 8.88. The van der Waals surface area contributed by atoms with E-state index in [0.29, 0.717) is 5.46 Å². The maximum atomic E-state index is 9.11. The van der Waals surface area contributed by atoms with E-state index in [1.807, 2.05) is 24.3 Å². The second-order valence-corrected chi connectivity index (χ2v) is 8.88. The molecule has 0 aliphatic rings. The molecule has 0 aliphatic heterocycles. The molecule has 1 aromatic carbocycles. The minimum atomic E-state index is -1.35. The molecule has 1 aromatic rings. The van der Waals surface area contributed by atoms with Gasteiger partial charge in [-0.1, -0.05) is 140 Å². The molecule has 166 valence electrons. The topological polar surface area (TPSA) is 40.5 Å². The monoisotopic (exact) mass is 402 g/mol. The molecule has 0 aromatic heterocycles. The highest BCUT2D eigenvalue weighted by Crippen LogP contribution is 2.14. The second kappa shape index (κ2) is 19.2. The standard InChI is InChI=1S/C26H47BO2/c1-2-3-4-5-6-7-8-9-10-11-12-13-14-15-16-17-18-19-20-25-21-23-26(24-22-25)27(28)29/h21-24,28-29H,2-20H2,1H3. The zero-order valence-electron chi connectivity index (χ0n) is 19.2. The Morgan fingerprint density at radius 1 is 0.517 bits per heavy atom. The van der Waals surface area contributed by atoms with Gasteiger partial charge in [0.15, 0.2) is 0 Å². The predicted octanol–water partition coefficient (Wildman–Crippen LogP) is 6.95. The summed E-state index contributed by atoms with van der Waals surface area (Å²) in [6.45, 7) is 2.29. The summed E-state index contributed by atoms with van der Waals surface area (Å²) in [4.78, 5) is 0. The summed E-state index contributed by atoms with van der Waals surface area (Å²) in [5, 5.41) is 18.2. The summed E-state index contributed by atoms with van der Waals surface area (Å²) >= 11 is 0. The van der Waals surface area contributed by atoms with E-state index in [1.165, 1.54) is 121 Å². The lowest BCUT2D eigenvalue weighted by Crippen LogP contribution is -2.29. The third kappa shape index (κ3) is 15.7. The SMILES string of the molecule is CCCCCCCCCCCCCCCCCCCCc1ccc(B(O)O)cc1. The van der Waals surface area contributed by atoms with Crippen molar-refractivity contribution in [3.05, 3.63) is 29.8 Å². The van der Waals surface area contributed by atoms with Crippen LogP contribution in [0.2, 0.25) is 0 Å². The van der Waals surface area contributed by atoms with E-state index in [2.05, 4.69) is 6.92 Å². The zero-order chi connectivity index (χ0) is 21.0. The average Bonchev–Trinajstić information content (AvgIpc) is 2.73. The van der Waals surface area contributed by atoms with Crippen molar-refractivity contribution in [1.82, 2.24) is 0 Å². The van der Waals surface area contributed by atoms with Crippen molar-refractivity contribution in [2.75, 3.05) is 0 Å². The number of hydrogen-bond donors (Lipinski definition) is 2. The molecule has 3 heteroatoms. The number of benzene rings is 1. The van der Waals surface area contributed by atoms with Gasteiger partial charge in [-0.25, -0.2) is 0 Å². The lowest BCUT2D eigenvalue weighted by Gasteiger charge is -2.05.